The number of benzene rings is 1. The third kappa shape index (κ3) is 4.17. The molecule has 2 N–H and O–H groups in total. The van der Waals surface area contributed by atoms with E-state index in [9.17, 15) is 14.4 Å². The van der Waals surface area contributed by atoms with E-state index in [2.05, 4.69) is 15.6 Å². The second-order valence-electron chi connectivity index (χ2n) is 7.49. The number of imide groups is 1. The molecule has 1 saturated carbocycles. The maximum atomic E-state index is 12.6. The van der Waals surface area contributed by atoms with Gasteiger partial charge in [-0.25, -0.2) is 9.78 Å². The molecule has 0 unspecified atom stereocenters. The van der Waals surface area contributed by atoms with Gasteiger partial charge >= 0.3 is 6.03 Å². The zero-order valence-electron chi connectivity index (χ0n) is 16.0. The Morgan fingerprint density at radius 3 is 2.80 bits per heavy atom. The fourth-order valence-electron chi connectivity index (χ4n) is 3.92. The van der Waals surface area contributed by atoms with E-state index in [-0.39, 0.29) is 30.8 Å². The molecule has 2 heterocycles. The van der Waals surface area contributed by atoms with Crippen molar-refractivity contribution < 1.29 is 14.4 Å². The van der Waals surface area contributed by atoms with Gasteiger partial charge in [-0.15, -0.1) is 11.3 Å². The van der Waals surface area contributed by atoms with Crippen molar-refractivity contribution in [2.24, 2.45) is 0 Å². The van der Waals surface area contributed by atoms with Crippen LogP contribution in [0.4, 0.5) is 9.93 Å². The van der Waals surface area contributed by atoms with Gasteiger partial charge < -0.3 is 10.6 Å². The molecule has 2 aromatic rings. The number of aromatic nitrogens is 1. The van der Waals surface area contributed by atoms with Gasteiger partial charge in [-0.2, -0.15) is 0 Å². The number of hydrogen-bond donors (Lipinski definition) is 2. The summed E-state index contributed by atoms with van der Waals surface area (Å²) in [5.41, 5.74) is 0.613. The quantitative estimate of drug-likeness (QED) is 0.603. The second kappa shape index (κ2) is 8.53. The van der Waals surface area contributed by atoms with Gasteiger partial charge in [0.15, 0.2) is 5.13 Å². The first-order valence-corrected chi connectivity index (χ1v) is 11.4. The van der Waals surface area contributed by atoms with Crippen molar-refractivity contribution in [1.29, 1.82) is 0 Å². The van der Waals surface area contributed by atoms with E-state index in [0.717, 1.165) is 12.8 Å². The Bertz CT molecular complexity index is 1000. The fourth-order valence-corrected chi connectivity index (χ4v) is 5.04. The van der Waals surface area contributed by atoms with E-state index in [1.807, 2.05) is 0 Å². The standard InChI is InChI=1S/C20H20Cl2N4O3S/c21-12-5-6-14(22)13(10-12)15-11-30-18(23-15)24-16(27)4-3-9-26-17(28)20(25-19(26)29)7-1-2-8-20/h5-6,10-11H,1-4,7-9H2,(H,25,29)(H,23,24,27). The van der Waals surface area contributed by atoms with Crippen LogP contribution in [-0.4, -0.2) is 39.8 Å². The summed E-state index contributed by atoms with van der Waals surface area (Å²) in [7, 11) is 0. The van der Waals surface area contributed by atoms with Crippen LogP contribution in [0.25, 0.3) is 11.3 Å². The number of halogens is 2. The summed E-state index contributed by atoms with van der Waals surface area (Å²) < 4.78 is 0. The summed E-state index contributed by atoms with van der Waals surface area (Å²) in [4.78, 5) is 42.7. The molecule has 1 spiro atoms. The SMILES string of the molecule is O=C(CCCN1C(=O)NC2(CCCC2)C1=O)Nc1nc(-c2cc(Cl)ccc2Cl)cs1. The minimum absolute atomic E-state index is 0.159. The number of urea groups is 1. The van der Waals surface area contributed by atoms with Crippen LogP contribution in [0.5, 0.6) is 0 Å². The van der Waals surface area contributed by atoms with E-state index >= 15 is 0 Å². The molecule has 1 aliphatic carbocycles. The van der Waals surface area contributed by atoms with Crippen molar-refractivity contribution in [3.05, 3.63) is 33.6 Å². The van der Waals surface area contributed by atoms with Crippen molar-refractivity contribution in [2.75, 3.05) is 11.9 Å². The second-order valence-corrected chi connectivity index (χ2v) is 9.19. The molecule has 30 heavy (non-hydrogen) atoms. The van der Waals surface area contributed by atoms with Gasteiger partial charge in [0.2, 0.25) is 5.91 Å². The summed E-state index contributed by atoms with van der Waals surface area (Å²) in [6.45, 7) is 0.223. The number of hydrogen-bond acceptors (Lipinski definition) is 5. The van der Waals surface area contributed by atoms with Crippen molar-refractivity contribution in [2.45, 2.75) is 44.1 Å². The maximum absolute atomic E-state index is 12.6. The molecule has 0 radical (unpaired) electrons. The van der Waals surface area contributed by atoms with E-state index in [1.165, 1.54) is 16.2 Å². The minimum atomic E-state index is -0.710. The molecule has 0 atom stereocenters. The predicted octanol–water partition coefficient (Wildman–Crippen LogP) is 4.70. The normalized spacial score (nSPS) is 17.6. The Labute approximate surface area is 187 Å². The van der Waals surface area contributed by atoms with Crippen LogP contribution < -0.4 is 10.6 Å². The largest absolute Gasteiger partial charge is 0.325 e. The first-order chi connectivity index (χ1) is 14.4. The van der Waals surface area contributed by atoms with E-state index < -0.39 is 5.54 Å². The lowest BCUT2D eigenvalue weighted by Gasteiger charge is -2.19. The zero-order chi connectivity index (χ0) is 21.3. The molecule has 4 rings (SSSR count). The fraction of sp³-hybridized carbons (Fsp3) is 0.400. The predicted molar refractivity (Wildman–Crippen MR) is 117 cm³/mol. The lowest BCUT2D eigenvalue weighted by Crippen LogP contribution is -2.44. The Morgan fingerprint density at radius 2 is 2.03 bits per heavy atom. The molecule has 158 valence electrons. The van der Waals surface area contributed by atoms with Crippen LogP contribution in [0.15, 0.2) is 23.6 Å². The molecule has 2 aliphatic rings. The van der Waals surface area contributed by atoms with Crippen LogP contribution in [0.1, 0.15) is 38.5 Å². The number of carbonyl (C=O) groups excluding carboxylic acids is 3. The van der Waals surface area contributed by atoms with Crippen molar-refractivity contribution in [1.82, 2.24) is 15.2 Å². The van der Waals surface area contributed by atoms with Crippen LogP contribution in [0, 0.1) is 0 Å². The molecular weight excluding hydrogens is 447 g/mol. The molecule has 7 nitrogen and oxygen atoms in total. The number of nitrogens with one attached hydrogen (secondary N) is 2. The lowest BCUT2D eigenvalue weighted by atomic mass is 9.98. The van der Waals surface area contributed by atoms with Crippen molar-refractivity contribution in [3.8, 4) is 11.3 Å². The van der Waals surface area contributed by atoms with E-state index in [0.29, 0.717) is 45.7 Å². The van der Waals surface area contributed by atoms with Crippen molar-refractivity contribution >= 4 is 57.5 Å². The smallest absolute Gasteiger partial charge is 0.323 e. The van der Waals surface area contributed by atoms with Gasteiger partial charge in [0.05, 0.1) is 10.7 Å². The molecule has 1 aromatic heterocycles. The molecule has 10 heteroatoms. The minimum Gasteiger partial charge on any atom is -0.323 e. The highest BCUT2D eigenvalue weighted by Gasteiger charge is 2.52. The van der Waals surface area contributed by atoms with Crippen molar-refractivity contribution in [3.63, 3.8) is 0 Å². The zero-order valence-corrected chi connectivity index (χ0v) is 18.4. The molecule has 1 aromatic carbocycles. The highest BCUT2D eigenvalue weighted by molar-refractivity contribution is 7.14. The summed E-state index contributed by atoms with van der Waals surface area (Å²) >= 11 is 13.5. The third-order valence-corrected chi connectivity index (χ3v) is 6.77. The number of thiazole rings is 1. The number of rotatable bonds is 6. The van der Waals surface area contributed by atoms with Gasteiger partial charge in [-0.05, 0) is 37.5 Å². The number of nitrogens with zero attached hydrogens (tertiary/aromatic N) is 2. The lowest BCUT2D eigenvalue weighted by molar-refractivity contribution is -0.131. The van der Waals surface area contributed by atoms with Crippen LogP contribution in [0.2, 0.25) is 10.0 Å². The van der Waals surface area contributed by atoms with Crippen LogP contribution in [0.3, 0.4) is 0 Å². The highest BCUT2D eigenvalue weighted by Crippen LogP contribution is 2.35. The van der Waals surface area contributed by atoms with Crippen LogP contribution in [-0.2, 0) is 9.59 Å². The summed E-state index contributed by atoms with van der Waals surface area (Å²) in [6, 6.07) is 4.76. The first-order valence-electron chi connectivity index (χ1n) is 9.73. The Balaban J connectivity index is 1.30. The molecule has 0 bridgehead atoms. The molecular formula is C20H20Cl2N4O3S. The van der Waals surface area contributed by atoms with E-state index in [4.69, 9.17) is 23.2 Å². The Morgan fingerprint density at radius 1 is 1.27 bits per heavy atom. The Hall–Kier alpha value is -2.16. The summed E-state index contributed by atoms with van der Waals surface area (Å²) in [6.07, 6.45) is 3.84. The number of amides is 4. The monoisotopic (exact) mass is 466 g/mol. The molecule has 4 amide bonds. The van der Waals surface area contributed by atoms with Gasteiger partial charge in [-0.3, -0.25) is 14.5 Å². The average Bonchev–Trinajstić information content (AvgIpc) is 3.41. The Kier molecular flexibility index (Phi) is 5.99. The molecule has 2 fully saturated rings. The van der Waals surface area contributed by atoms with Gasteiger partial charge in [0, 0.05) is 28.9 Å². The summed E-state index contributed by atoms with van der Waals surface area (Å²) in [5, 5.41) is 8.91. The molecule has 1 saturated heterocycles. The summed E-state index contributed by atoms with van der Waals surface area (Å²) in [5.74, 6) is -0.385. The van der Waals surface area contributed by atoms with Gasteiger partial charge in [-0.1, -0.05) is 36.0 Å². The van der Waals surface area contributed by atoms with Gasteiger partial charge in [0.25, 0.3) is 5.91 Å². The maximum Gasteiger partial charge on any atom is 0.325 e. The number of anilines is 1. The number of carbonyl (C=O) groups is 3. The topological polar surface area (TPSA) is 91.4 Å². The van der Waals surface area contributed by atoms with Gasteiger partial charge in [0.1, 0.15) is 5.54 Å². The first kappa shape index (κ1) is 21.1. The van der Waals surface area contributed by atoms with E-state index in [1.54, 1.807) is 23.6 Å². The molecule has 1 aliphatic heterocycles. The third-order valence-electron chi connectivity index (χ3n) is 5.44. The highest BCUT2D eigenvalue weighted by atomic mass is 35.5. The van der Waals surface area contributed by atoms with Crippen LogP contribution >= 0.6 is 34.5 Å². The average molecular weight is 467 g/mol.